The van der Waals surface area contributed by atoms with Gasteiger partial charge in [-0.15, -0.1) is 0 Å². The van der Waals surface area contributed by atoms with Crippen LogP contribution in [-0.2, 0) is 19.3 Å². The second-order valence-electron chi connectivity index (χ2n) is 2.47. The molecule has 1 rings (SSSR count). The summed E-state index contributed by atoms with van der Waals surface area (Å²) >= 11 is 0. The molecule has 0 saturated carbocycles. The molecular formula is C5H12BF3KNO4. The molecule has 1 fully saturated rings. The van der Waals surface area contributed by atoms with Crippen molar-refractivity contribution >= 4 is 58.7 Å². The summed E-state index contributed by atoms with van der Waals surface area (Å²) in [6.07, 6.45) is 0. The normalized spacial score (nSPS) is 16.0. The first kappa shape index (κ1) is 18.7. The zero-order valence-electron chi connectivity index (χ0n) is 7.62. The molecular weight excluding hydrogens is 245 g/mol. The van der Waals surface area contributed by atoms with Gasteiger partial charge in [0, 0.05) is 13.1 Å². The third-order valence-electron chi connectivity index (χ3n) is 1.45. The van der Waals surface area contributed by atoms with Crippen LogP contribution in [-0.4, -0.2) is 97.0 Å². The predicted molar refractivity (Wildman–Crippen MR) is 47.8 cm³/mol. The molecule has 1 heterocycles. The molecule has 0 amide bonds. The number of hydrogen-bond donors (Lipinski definition) is 0. The summed E-state index contributed by atoms with van der Waals surface area (Å²) in [5, 5.41) is 0. The summed E-state index contributed by atoms with van der Waals surface area (Å²) in [6, 6.07) is 0. The summed E-state index contributed by atoms with van der Waals surface area (Å²) < 4.78 is 36.4. The van der Waals surface area contributed by atoms with Crippen LogP contribution in [0.25, 0.3) is 0 Å². The summed E-state index contributed by atoms with van der Waals surface area (Å²) in [6.45, 7) is 4.02. The van der Waals surface area contributed by atoms with Gasteiger partial charge in [-0.1, -0.05) is 13.6 Å². The van der Waals surface area contributed by atoms with Gasteiger partial charge in [-0.25, -0.2) is 0 Å². The fraction of sp³-hybridized carbons (Fsp3) is 1.00. The fourth-order valence-corrected chi connectivity index (χ4v) is 0.696. The van der Waals surface area contributed by atoms with Crippen molar-refractivity contribution in [3.8, 4) is 0 Å². The SMILES string of the molecule is CN1CCOCC1.FOB(OF)OF.[KH]. The summed E-state index contributed by atoms with van der Waals surface area (Å²) in [4.78, 5) is 9.33. The van der Waals surface area contributed by atoms with Gasteiger partial charge in [-0.3, -0.25) is 0 Å². The van der Waals surface area contributed by atoms with Crippen molar-refractivity contribution < 1.29 is 32.9 Å². The van der Waals surface area contributed by atoms with E-state index in [1.54, 1.807) is 0 Å². The van der Waals surface area contributed by atoms with E-state index in [1.165, 1.54) is 0 Å². The molecule has 1 aliphatic rings. The minimum absolute atomic E-state index is 0. The quantitative estimate of drug-likeness (QED) is 0.664. The van der Waals surface area contributed by atoms with Crippen molar-refractivity contribution in [1.29, 1.82) is 0 Å². The van der Waals surface area contributed by atoms with E-state index < -0.39 is 7.32 Å². The monoisotopic (exact) mass is 257 g/mol. The molecule has 15 heavy (non-hydrogen) atoms. The molecule has 0 bridgehead atoms. The Balaban J connectivity index is 0. The molecule has 1 saturated heterocycles. The van der Waals surface area contributed by atoms with E-state index in [0.717, 1.165) is 26.3 Å². The molecule has 1 aliphatic heterocycles. The average Bonchev–Trinajstić information content (AvgIpc) is 2.22. The Labute approximate surface area is 128 Å². The molecule has 0 unspecified atom stereocenters. The van der Waals surface area contributed by atoms with Crippen LogP contribution in [0.15, 0.2) is 0 Å². The van der Waals surface area contributed by atoms with Crippen molar-refractivity contribution in [2.24, 2.45) is 0 Å². The standard InChI is InChI=1S/C5H11NO.BF3O3.K.H/c1-6-2-4-7-5-3-6;2-5-1(6-3)7-4;;/h2-5H2,1H3;;;. The van der Waals surface area contributed by atoms with Gasteiger partial charge in [0.05, 0.1) is 13.2 Å². The van der Waals surface area contributed by atoms with E-state index in [2.05, 4.69) is 26.5 Å². The first-order valence-corrected chi connectivity index (χ1v) is 3.83. The number of halogens is 3. The molecule has 5 nitrogen and oxygen atoms in total. The van der Waals surface area contributed by atoms with Crippen LogP contribution in [0.3, 0.4) is 0 Å². The van der Waals surface area contributed by atoms with Crippen molar-refractivity contribution in [3.05, 3.63) is 0 Å². The molecule has 10 heteroatoms. The molecule has 0 aromatic rings. The van der Waals surface area contributed by atoms with Gasteiger partial charge in [0.25, 0.3) is 0 Å². The number of nitrogens with zero attached hydrogens (tertiary/aromatic N) is 1. The zero-order valence-corrected chi connectivity index (χ0v) is 7.62. The summed E-state index contributed by atoms with van der Waals surface area (Å²) in [7, 11) is -0.400. The molecule has 0 radical (unpaired) electrons. The van der Waals surface area contributed by atoms with Crippen LogP contribution in [0, 0.1) is 0 Å². The Morgan fingerprint density at radius 2 is 1.47 bits per heavy atom. The predicted octanol–water partition coefficient (Wildman–Crippen LogP) is -0.0255. The van der Waals surface area contributed by atoms with Crippen molar-refractivity contribution in [2.75, 3.05) is 33.4 Å². The van der Waals surface area contributed by atoms with Gasteiger partial charge in [-0.2, -0.15) is 14.6 Å². The Bertz CT molecular complexity index is 125. The Morgan fingerprint density at radius 3 is 1.60 bits per heavy atom. The van der Waals surface area contributed by atoms with Crippen molar-refractivity contribution in [1.82, 2.24) is 4.90 Å². The minimum atomic E-state index is -2.51. The van der Waals surface area contributed by atoms with Gasteiger partial charge in [0.2, 0.25) is 0 Å². The number of hydrogen-bond acceptors (Lipinski definition) is 5. The molecule has 0 aromatic heterocycles. The second kappa shape index (κ2) is 13.4. The van der Waals surface area contributed by atoms with E-state index in [-0.39, 0.29) is 51.4 Å². The van der Waals surface area contributed by atoms with Crippen LogP contribution >= 0.6 is 0 Å². The molecule has 0 spiro atoms. The van der Waals surface area contributed by atoms with E-state index >= 15 is 0 Å². The number of ether oxygens (including phenoxy) is 1. The Morgan fingerprint density at radius 1 is 1.07 bits per heavy atom. The van der Waals surface area contributed by atoms with Gasteiger partial charge >= 0.3 is 58.7 Å². The first-order chi connectivity index (χ1) is 6.74. The molecule has 86 valence electrons. The van der Waals surface area contributed by atoms with Crippen LogP contribution in [0.5, 0.6) is 0 Å². The first-order valence-electron chi connectivity index (χ1n) is 3.83. The van der Waals surface area contributed by atoms with Crippen LogP contribution < -0.4 is 0 Å². The molecule has 0 aromatic carbocycles. The molecule has 0 aliphatic carbocycles. The summed E-state index contributed by atoms with van der Waals surface area (Å²) in [5.41, 5.74) is 0. The van der Waals surface area contributed by atoms with Gasteiger partial charge in [0.1, 0.15) is 0 Å². The van der Waals surface area contributed by atoms with Crippen molar-refractivity contribution in [3.63, 3.8) is 0 Å². The van der Waals surface area contributed by atoms with E-state index in [4.69, 9.17) is 4.74 Å². The van der Waals surface area contributed by atoms with Crippen LogP contribution in [0.4, 0.5) is 13.6 Å². The maximum atomic E-state index is 10.4. The Hall–Kier alpha value is 1.29. The van der Waals surface area contributed by atoms with E-state index in [0.29, 0.717) is 0 Å². The molecule has 0 atom stereocenters. The van der Waals surface area contributed by atoms with E-state index in [9.17, 15) is 13.6 Å². The number of rotatable bonds is 3. The average molecular weight is 257 g/mol. The second-order valence-corrected chi connectivity index (χ2v) is 2.47. The van der Waals surface area contributed by atoms with E-state index in [1.807, 2.05) is 0 Å². The number of likely N-dealkylation sites (N-methyl/N-ethyl adjacent to an activating group) is 1. The topological polar surface area (TPSA) is 40.2 Å². The fourth-order valence-electron chi connectivity index (χ4n) is 0.696. The third-order valence-corrected chi connectivity index (χ3v) is 1.45. The Kier molecular flexibility index (Phi) is 16.6. The number of morpholine rings is 1. The summed E-state index contributed by atoms with van der Waals surface area (Å²) in [5.74, 6) is 0. The van der Waals surface area contributed by atoms with Gasteiger partial charge < -0.3 is 9.64 Å². The van der Waals surface area contributed by atoms with Crippen LogP contribution in [0.2, 0.25) is 0 Å². The van der Waals surface area contributed by atoms with Gasteiger partial charge in [0.15, 0.2) is 0 Å². The zero-order chi connectivity index (χ0) is 10.8. The maximum absolute atomic E-state index is 10.4. The van der Waals surface area contributed by atoms with Crippen molar-refractivity contribution in [2.45, 2.75) is 0 Å². The third kappa shape index (κ3) is 11.6. The van der Waals surface area contributed by atoms with Crippen LogP contribution in [0.1, 0.15) is 0 Å². The molecule has 0 N–H and O–H groups in total. The van der Waals surface area contributed by atoms with Gasteiger partial charge in [-0.05, 0) is 7.05 Å².